The van der Waals surface area contributed by atoms with Crippen molar-refractivity contribution >= 4 is 17.0 Å². The smallest absolute Gasteiger partial charge is 0.259 e. The molecule has 1 aromatic rings. The summed E-state index contributed by atoms with van der Waals surface area (Å²) >= 11 is -1.99. The molecular formula is C9H13NO2S. The van der Waals surface area contributed by atoms with Gasteiger partial charge in [0.1, 0.15) is 0 Å². The summed E-state index contributed by atoms with van der Waals surface area (Å²) in [5, 5.41) is 0. The Bertz CT molecular complexity index is 325. The van der Waals surface area contributed by atoms with Gasteiger partial charge in [-0.3, -0.25) is 9.27 Å². The van der Waals surface area contributed by atoms with E-state index in [9.17, 15) is 4.21 Å². The lowest BCUT2D eigenvalue weighted by Crippen LogP contribution is -2.02. The quantitative estimate of drug-likeness (QED) is 0.732. The monoisotopic (exact) mass is 199 g/mol. The minimum atomic E-state index is -1.99. The Morgan fingerprint density at radius 3 is 2.69 bits per heavy atom. The van der Waals surface area contributed by atoms with Crippen molar-refractivity contribution in [3.05, 3.63) is 29.3 Å². The molecule has 1 rings (SSSR count). The SMILES string of the molecule is CCc1cc(C)cc(NS(=O)O)c1. The lowest BCUT2D eigenvalue weighted by molar-refractivity contribution is 0.570. The molecule has 0 aromatic heterocycles. The molecule has 0 amide bonds. The summed E-state index contributed by atoms with van der Waals surface area (Å²) in [6, 6.07) is 5.78. The number of anilines is 1. The van der Waals surface area contributed by atoms with E-state index >= 15 is 0 Å². The van der Waals surface area contributed by atoms with Crippen molar-refractivity contribution < 1.29 is 8.76 Å². The van der Waals surface area contributed by atoms with Crippen LogP contribution in [-0.2, 0) is 17.7 Å². The molecule has 0 aliphatic rings. The van der Waals surface area contributed by atoms with Gasteiger partial charge in [0.15, 0.2) is 0 Å². The highest BCUT2D eigenvalue weighted by molar-refractivity contribution is 7.80. The molecule has 1 unspecified atom stereocenters. The van der Waals surface area contributed by atoms with Gasteiger partial charge in [0.2, 0.25) is 0 Å². The molecule has 0 saturated carbocycles. The number of benzene rings is 1. The maximum absolute atomic E-state index is 10.5. The largest absolute Gasteiger partial charge is 0.289 e. The second-order valence-electron chi connectivity index (χ2n) is 2.91. The molecule has 13 heavy (non-hydrogen) atoms. The molecular weight excluding hydrogens is 186 g/mol. The predicted octanol–water partition coefficient (Wildman–Crippen LogP) is 2.11. The van der Waals surface area contributed by atoms with Crippen molar-refractivity contribution in [3.63, 3.8) is 0 Å². The van der Waals surface area contributed by atoms with Crippen molar-refractivity contribution in [2.75, 3.05) is 4.72 Å². The summed E-state index contributed by atoms with van der Waals surface area (Å²) in [5.41, 5.74) is 2.94. The topological polar surface area (TPSA) is 49.3 Å². The Labute approximate surface area is 80.6 Å². The maximum Gasteiger partial charge on any atom is 0.259 e. The van der Waals surface area contributed by atoms with E-state index in [4.69, 9.17) is 4.55 Å². The zero-order chi connectivity index (χ0) is 9.84. The van der Waals surface area contributed by atoms with Crippen molar-refractivity contribution in [2.24, 2.45) is 0 Å². The maximum atomic E-state index is 10.5. The van der Waals surface area contributed by atoms with E-state index in [0.29, 0.717) is 5.69 Å². The molecule has 0 aliphatic carbocycles. The third kappa shape index (κ3) is 3.16. The van der Waals surface area contributed by atoms with E-state index in [0.717, 1.165) is 17.5 Å². The van der Waals surface area contributed by atoms with E-state index in [-0.39, 0.29) is 0 Å². The van der Waals surface area contributed by atoms with Gasteiger partial charge in [-0.2, -0.15) is 0 Å². The highest BCUT2D eigenvalue weighted by atomic mass is 32.2. The number of hydrogen-bond donors (Lipinski definition) is 2. The molecule has 0 bridgehead atoms. The number of hydrogen-bond acceptors (Lipinski definition) is 1. The van der Waals surface area contributed by atoms with Crippen LogP contribution in [0.1, 0.15) is 18.1 Å². The molecule has 72 valence electrons. The molecule has 0 spiro atoms. The van der Waals surface area contributed by atoms with Crippen LogP contribution >= 0.6 is 0 Å². The molecule has 2 N–H and O–H groups in total. The van der Waals surface area contributed by atoms with Gasteiger partial charge in [0.25, 0.3) is 11.3 Å². The standard InChI is InChI=1S/C9H13NO2S/c1-3-8-4-7(2)5-9(6-8)10-13(11)12/h4-6,10H,3H2,1-2H3,(H,11,12). The Morgan fingerprint density at radius 2 is 2.15 bits per heavy atom. The molecule has 0 aliphatic heterocycles. The van der Waals surface area contributed by atoms with Crippen LogP contribution in [0.25, 0.3) is 0 Å². The molecule has 3 nitrogen and oxygen atoms in total. The average molecular weight is 199 g/mol. The zero-order valence-corrected chi connectivity index (χ0v) is 8.52. The fraction of sp³-hybridized carbons (Fsp3) is 0.333. The fourth-order valence-electron chi connectivity index (χ4n) is 1.23. The van der Waals surface area contributed by atoms with E-state index in [1.807, 2.05) is 19.1 Å². The van der Waals surface area contributed by atoms with Crippen molar-refractivity contribution in [1.82, 2.24) is 0 Å². The van der Waals surface area contributed by atoms with E-state index < -0.39 is 11.3 Å². The predicted molar refractivity (Wildman–Crippen MR) is 55.0 cm³/mol. The van der Waals surface area contributed by atoms with Crippen LogP contribution in [0, 0.1) is 6.92 Å². The highest BCUT2D eigenvalue weighted by Gasteiger charge is 1.98. The van der Waals surface area contributed by atoms with Crippen LogP contribution in [0.4, 0.5) is 5.69 Å². The normalized spacial score (nSPS) is 12.5. The lowest BCUT2D eigenvalue weighted by Gasteiger charge is -2.05. The van der Waals surface area contributed by atoms with Crippen LogP contribution in [0.15, 0.2) is 18.2 Å². The van der Waals surface area contributed by atoms with Crippen molar-refractivity contribution in [1.29, 1.82) is 0 Å². The molecule has 0 saturated heterocycles. The summed E-state index contributed by atoms with van der Waals surface area (Å²) in [6.45, 7) is 4.01. The van der Waals surface area contributed by atoms with Gasteiger partial charge in [-0.05, 0) is 36.6 Å². The third-order valence-corrected chi connectivity index (χ3v) is 2.16. The van der Waals surface area contributed by atoms with Gasteiger partial charge in [-0.1, -0.05) is 13.0 Å². The Morgan fingerprint density at radius 1 is 1.46 bits per heavy atom. The molecule has 0 radical (unpaired) electrons. The van der Waals surface area contributed by atoms with Crippen LogP contribution in [0.5, 0.6) is 0 Å². The van der Waals surface area contributed by atoms with Crippen molar-refractivity contribution in [2.45, 2.75) is 20.3 Å². The third-order valence-electron chi connectivity index (χ3n) is 1.75. The van der Waals surface area contributed by atoms with Gasteiger partial charge >= 0.3 is 0 Å². The number of nitrogens with one attached hydrogen (secondary N) is 1. The van der Waals surface area contributed by atoms with Crippen LogP contribution in [-0.4, -0.2) is 8.76 Å². The number of aryl methyl sites for hydroxylation is 2. The zero-order valence-electron chi connectivity index (χ0n) is 7.70. The first-order chi connectivity index (χ1) is 6.11. The molecule has 4 heteroatoms. The molecule has 1 aromatic carbocycles. The number of rotatable bonds is 3. The van der Waals surface area contributed by atoms with Gasteiger partial charge in [-0.25, -0.2) is 4.21 Å². The van der Waals surface area contributed by atoms with Crippen LogP contribution in [0.2, 0.25) is 0 Å². The first kappa shape index (κ1) is 10.2. The average Bonchev–Trinajstić information content (AvgIpc) is 2.01. The van der Waals surface area contributed by atoms with E-state index in [2.05, 4.69) is 17.7 Å². The highest BCUT2D eigenvalue weighted by Crippen LogP contribution is 2.15. The second kappa shape index (κ2) is 4.39. The van der Waals surface area contributed by atoms with Gasteiger partial charge in [0, 0.05) is 5.69 Å². The van der Waals surface area contributed by atoms with Crippen molar-refractivity contribution in [3.8, 4) is 0 Å². The first-order valence-electron chi connectivity index (χ1n) is 4.10. The van der Waals surface area contributed by atoms with Gasteiger partial charge in [-0.15, -0.1) is 0 Å². The summed E-state index contributed by atoms with van der Waals surface area (Å²) in [7, 11) is 0. The fourth-order valence-corrected chi connectivity index (χ4v) is 1.55. The van der Waals surface area contributed by atoms with Crippen LogP contribution in [0.3, 0.4) is 0 Å². The Balaban J connectivity index is 2.94. The molecule has 0 heterocycles. The summed E-state index contributed by atoms with van der Waals surface area (Å²) in [6.07, 6.45) is 0.925. The summed E-state index contributed by atoms with van der Waals surface area (Å²) < 4.78 is 21.5. The van der Waals surface area contributed by atoms with E-state index in [1.54, 1.807) is 0 Å². The minimum absolute atomic E-state index is 0.692. The second-order valence-corrected chi connectivity index (χ2v) is 3.61. The Hall–Kier alpha value is -0.870. The summed E-state index contributed by atoms with van der Waals surface area (Å²) in [5.74, 6) is 0. The molecule has 1 atom stereocenters. The lowest BCUT2D eigenvalue weighted by atomic mass is 10.1. The van der Waals surface area contributed by atoms with Gasteiger partial charge < -0.3 is 0 Å². The summed E-state index contributed by atoms with van der Waals surface area (Å²) in [4.78, 5) is 0. The minimum Gasteiger partial charge on any atom is -0.289 e. The molecule has 0 fully saturated rings. The van der Waals surface area contributed by atoms with E-state index in [1.165, 1.54) is 0 Å². The van der Waals surface area contributed by atoms with Crippen LogP contribution < -0.4 is 4.72 Å². The Kier molecular flexibility index (Phi) is 3.45. The van der Waals surface area contributed by atoms with Gasteiger partial charge in [0.05, 0.1) is 0 Å². The first-order valence-corrected chi connectivity index (χ1v) is 5.20.